The third-order valence-corrected chi connectivity index (χ3v) is 5.91. The Morgan fingerprint density at radius 3 is 1.15 bits per heavy atom. The number of aliphatic hydroxyl groups is 1. The Kier molecular flexibility index (Phi) is 27.8. The van der Waals surface area contributed by atoms with E-state index in [1.165, 1.54) is 27.7 Å². The molecule has 0 aromatic rings. The minimum Gasteiger partial charge on any atom is -0.462 e. The lowest BCUT2D eigenvalue weighted by molar-refractivity contribution is -0.148. The van der Waals surface area contributed by atoms with Crippen molar-refractivity contribution in [1.82, 2.24) is 0 Å². The second-order valence-corrected chi connectivity index (χ2v) is 12.6. The monoisotopic (exact) mass is 762 g/mol. The SMILES string of the molecule is C=C(C)C(=O)OCC(O)COC(=O)C(=C)C.C=C(C)C(=O)OCCOP(=O)(O)OCCOC(=O)C(=C)C.C=CC(=O)OCC(C)(C)COC(=O)C=C. The summed E-state index contributed by atoms with van der Waals surface area (Å²) in [7, 11) is -4.29. The van der Waals surface area contributed by atoms with Crippen molar-refractivity contribution < 1.29 is 80.8 Å². The van der Waals surface area contributed by atoms with Crippen molar-refractivity contribution in [1.29, 1.82) is 0 Å². The summed E-state index contributed by atoms with van der Waals surface area (Å²) in [6, 6.07) is 0. The zero-order chi connectivity index (χ0) is 41.1. The summed E-state index contributed by atoms with van der Waals surface area (Å²) in [5, 5.41) is 9.30. The highest BCUT2D eigenvalue weighted by Gasteiger charge is 2.22. The molecule has 0 unspecified atom stereocenters. The van der Waals surface area contributed by atoms with Gasteiger partial charge in [-0.05, 0) is 27.7 Å². The van der Waals surface area contributed by atoms with Gasteiger partial charge in [-0.15, -0.1) is 0 Å². The molecule has 0 rings (SSSR count). The van der Waals surface area contributed by atoms with Crippen LogP contribution in [-0.2, 0) is 70.8 Å². The largest absolute Gasteiger partial charge is 0.472 e. The van der Waals surface area contributed by atoms with Crippen LogP contribution in [-0.4, -0.2) is 105 Å². The fourth-order valence-corrected chi connectivity index (χ4v) is 2.87. The molecule has 0 heterocycles. The summed E-state index contributed by atoms with van der Waals surface area (Å²) >= 11 is 0. The first-order chi connectivity index (χ1) is 23.9. The van der Waals surface area contributed by atoms with Gasteiger partial charge in [-0.25, -0.2) is 33.3 Å². The van der Waals surface area contributed by atoms with E-state index in [4.69, 9.17) is 9.47 Å². The Morgan fingerprint density at radius 1 is 0.596 bits per heavy atom. The number of carbonyl (C=O) groups excluding carboxylic acids is 6. The van der Waals surface area contributed by atoms with Crippen LogP contribution < -0.4 is 0 Å². The molecule has 0 amide bonds. The van der Waals surface area contributed by atoms with E-state index in [9.17, 15) is 43.3 Å². The summed E-state index contributed by atoms with van der Waals surface area (Å²) in [6.07, 6.45) is 1.13. The smallest absolute Gasteiger partial charge is 0.462 e. The summed E-state index contributed by atoms with van der Waals surface area (Å²) < 4.78 is 48.8. The van der Waals surface area contributed by atoms with E-state index in [1.54, 1.807) is 0 Å². The van der Waals surface area contributed by atoms with Crippen molar-refractivity contribution in [2.75, 3.05) is 52.9 Å². The average molecular weight is 763 g/mol. The standard InChI is InChI=1S/C12H19O8P.C11H16O5.C11H16O4/c1-9(2)11(13)17-5-7-19-21(15,16)20-8-6-18-12(14)10(3)4;1-7(2)10(13)15-5-9(12)6-16-11(14)8(3)4;1-5-9(12)14-7-11(3,4)8-15-10(13)6-2/h1,3,5-8H2,2,4H3,(H,15,16);9,12H,1,3,5-6H2,2,4H3;5-6H,1-2,7-8H2,3-4H3. The van der Waals surface area contributed by atoms with E-state index in [1.807, 2.05) is 13.8 Å². The van der Waals surface area contributed by atoms with Crippen LogP contribution in [0.2, 0.25) is 0 Å². The first kappa shape index (κ1) is 51.7. The Labute approximate surface area is 304 Å². The van der Waals surface area contributed by atoms with Crippen molar-refractivity contribution in [3.05, 3.63) is 73.9 Å². The zero-order valence-corrected chi connectivity index (χ0v) is 31.5. The molecule has 0 saturated carbocycles. The number of hydrogen-bond acceptors (Lipinski definition) is 16. The lowest BCUT2D eigenvalue weighted by Gasteiger charge is -2.22. The van der Waals surface area contributed by atoms with Gasteiger partial charge >= 0.3 is 43.6 Å². The normalized spacial score (nSPS) is 10.3. The van der Waals surface area contributed by atoms with Gasteiger partial charge in [0.25, 0.3) is 0 Å². The highest BCUT2D eigenvalue weighted by molar-refractivity contribution is 7.47. The van der Waals surface area contributed by atoms with E-state index in [0.717, 1.165) is 12.2 Å². The molecule has 18 heteroatoms. The van der Waals surface area contributed by atoms with Crippen LogP contribution in [0.25, 0.3) is 0 Å². The molecule has 17 nitrogen and oxygen atoms in total. The van der Waals surface area contributed by atoms with E-state index < -0.39 is 55.2 Å². The van der Waals surface area contributed by atoms with Gasteiger partial charge in [-0.3, -0.25) is 9.05 Å². The molecule has 0 aliphatic rings. The van der Waals surface area contributed by atoms with Crippen LogP contribution in [0.5, 0.6) is 0 Å². The first-order valence-corrected chi connectivity index (χ1v) is 16.6. The highest BCUT2D eigenvalue weighted by atomic mass is 31.2. The number of esters is 6. The second kappa shape index (κ2) is 28.0. The Morgan fingerprint density at radius 2 is 0.885 bits per heavy atom. The molecule has 294 valence electrons. The van der Waals surface area contributed by atoms with Crippen LogP contribution in [0, 0.1) is 5.41 Å². The molecule has 0 aromatic heterocycles. The van der Waals surface area contributed by atoms with Gasteiger partial charge in [-0.1, -0.05) is 53.3 Å². The first-order valence-electron chi connectivity index (χ1n) is 15.1. The highest BCUT2D eigenvalue weighted by Crippen LogP contribution is 2.42. The maximum Gasteiger partial charge on any atom is 0.472 e. The predicted molar refractivity (Wildman–Crippen MR) is 187 cm³/mol. The third-order valence-electron chi connectivity index (χ3n) is 4.89. The molecule has 0 aliphatic carbocycles. The quantitative estimate of drug-likeness (QED) is 0.0529. The fraction of sp³-hybridized carbons (Fsp3) is 0.471. The van der Waals surface area contributed by atoms with E-state index >= 15 is 0 Å². The molecular weight excluding hydrogens is 711 g/mol. The van der Waals surface area contributed by atoms with Crippen molar-refractivity contribution in [3.63, 3.8) is 0 Å². The molecule has 0 bridgehead atoms. The maximum atomic E-state index is 11.4. The summed E-state index contributed by atoms with van der Waals surface area (Å²) in [6.45, 7) is 28.4. The van der Waals surface area contributed by atoms with E-state index in [2.05, 4.69) is 67.5 Å². The Bertz CT molecular complexity index is 1250. The molecule has 0 fully saturated rings. The molecule has 52 heavy (non-hydrogen) atoms. The number of rotatable bonds is 22. The Hall–Kier alpha value is -4.67. The molecule has 0 atom stereocenters. The summed E-state index contributed by atoms with van der Waals surface area (Å²) in [4.78, 5) is 74.7. The topological polar surface area (TPSA) is 234 Å². The number of carbonyl (C=O) groups is 6. The maximum absolute atomic E-state index is 11.4. The van der Waals surface area contributed by atoms with Gasteiger partial charge in [0, 0.05) is 39.9 Å². The Balaban J connectivity index is -0.000000706. The second-order valence-electron chi connectivity index (χ2n) is 11.2. The van der Waals surface area contributed by atoms with Crippen LogP contribution in [0.1, 0.15) is 41.5 Å². The van der Waals surface area contributed by atoms with Crippen LogP contribution in [0.15, 0.2) is 73.9 Å². The molecule has 0 aliphatic heterocycles. The molecule has 0 spiro atoms. The van der Waals surface area contributed by atoms with Crippen LogP contribution in [0.4, 0.5) is 0 Å². The van der Waals surface area contributed by atoms with Crippen molar-refractivity contribution in [2.45, 2.75) is 47.6 Å². The summed E-state index contributed by atoms with van der Waals surface area (Å²) in [5.74, 6) is -3.41. The van der Waals surface area contributed by atoms with E-state index in [-0.39, 0.29) is 75.1 Å². The van der Waals surface area contributed by atoms with Gasteiger partial charge in [0.1, 0.15) is 32.5 Å². The van der Waals surface area contributed by atoms with Crippen LogP contribution in [0.3, 0.4) is 0 Å². The van der Waals surface area contributed by atoms with Gasteiger partial charge in [-0.2, -0.15) is 0 Å². The lowest BCUT2D eigenvalue weighted by atomic mass is 9.96. The van der Waals surface area contributed by atoms with Crippen molar-refractivity contribution in [3.8, 4) is 0 Å². The average Bonchev–Trinajstić information content (AvgIpc) is 3.07. The molecule has 0 aromatic carbocycles. The van der Waals surface area contributed by atoms with Gasteiger partial charge in [0.2, 0.25) is 0 Å². The number of phosphoric acid groups is 1. The number of aliphatic hydroxyl groups excluding tert-OH is 1. The molecule has 0 saturated heterocycles. The minimum atomic E-state index is -4.29. The van der Waals surface area contributed by atoms with Crippen molar-refractivity contribution >= 4 is 43.6 Å². The predicted octanol–water partition coefficient (Wildman–Crippen LogP) is 3.42. The minimum absolute atomic E-state index is 0.169. The zero-order valence-electron chi connectivity index (χ0n) is 30.6. The number of phosphoric ester groups is 1. The van der Waals surface area contributed by atoms with Gasteiger partial charge in [0.05, 0.1) is 26.4 Å². The van der Waals surface area contributed by atoms with Gasteiger partial charge < -0.3 is 38.4 Å². The lowest BCUT2D eigenvalue weighted by Crippen LogP contribution is -2.27. The number of ether oxygens (including phenoxy) is 6. The fourth-order valence-electron chi connectivity index (χ4n) is 2.19. The van der Waals surface area contributed by atoms with Crippen molar-refractivity contribution in [2.24, 2.45) is 5.41 Å². The molecule has 0 radical (unpaired) electrons. The number of hydrogen-bond donors (Lipinski definition) is 2. The molecular formula is C34H51O17P. The van der Waals surface area contributed by atoms with E-state index in [0.29, 0.717) is 0 Å². The summed E-state index contributed by atoms with van der Waals surface area (Å²) in [5.41, 5.74) is 0.477. The van der Waals surface area contributed by atoms with Crippen LogP contribution >= 0.6 is 7.82 Å². The molecule has 2 N–H and O–H groups in total. The van der Waals surface area contributed by atoms with Gasteiger partial charge in [0.15, 0.2) is 0 Å². The third kappa shape index (κ3) is 31.3.